The summed E-state index contributed by atoms with van der Waals surface area (Å²) in [5.74, 6) is -1.17. The number of ether oxygens (including phenoxy) is 1. The number of esters is 1. The summed E-state index contributed by atoms with van der Waals surface area (Å²) in [6.07, 6.45) is 0.165. The fourth-order valence-electron chi connectivity index (χ4n) is 2.56. The molecule has 0 saturated heterocycles. The molecule has 0 unspecified atom stereocenters. The molecular weight excluding hydrogens is 366 g/mol. The highest BCUT2D eigenvalue weighted by Crippen LogP contribution is 2.20. The Hall–Kier alpha value is -2.67. The van der Waals surface area contributed by atoms with Crippen molar-refractivity contribution in [2.75, 3.05) is 11.6 Å². The summed E-state index contributed by atoms with van der Waals surface area (Å²) in [5.41, 5.74) is 3.37. The predicted molar refractivity (Wildman–Crippen MR) is 104 cm³/mol. The number of benzene rings is 2. The largest absolute Gasteiger partial charge is 0.449 e. The monoisotopic (exact) mass is 389 g/mol. The fourth-order valence-corrected chi connectivity index (χ4v) is 3.36. The molecule has 0 fully saturated rings. The number of hydrogen-bond acceptors (Lipinski definition) is 5. The molecule has 0 heterocycles. The number of carbonyl (C=O) groups is 2. The second kappa shape index (κ2) is 8.35. The van der Waals surface area contributed by atoms with Gasteiger partial charge < -0.3 is 10.1 Å². The lowest BCUT2D eigenvalue weighted by atomic mass is 10.1. The Morgan fingerprint density at radius 3 is 2.11 bits per heavy atom. The molecule has 0 bridgehead atoms. The molecule has 7 heteroatoms. The van der Waals surface area contributed by atoms with Crippen LogP contribution in [0.1, 0.15) is 34.0 Å². The Morgan fingerprint density at radius 2 is 1.59 bits per heavy atom. The van der Waals surface area contributed by atoms with E-state index in [-0.39, 0.29) is 11.3 Å². The van der Waals surface area contributed by atoms with Crippen molar-refractivity contribution in [1.29, 1.82) is 0 Å². The number of nitrogens with one attached hydrogen (secondary N) is 1. The third-order valence-corrected chi connectivity index (χ3v) is 4.86. The van der Waals surface area contributed by atoms with E-state index in [0.717, 1.165) is 17.4 Å². The van der Waals surface area contributed by atoms with Gasteiger partial charge in [0.1, 0.15) is 0 Å². The van der Waals surface area contributed by atoms with E-state index in [4.69, 9.17) is 4.74 Å². The number of para-hydroxylation sites is 1. The Labute approximate surface area is 159 Å². The number of sulfone groups is 1. The minimum Gasteiger partial charge on any atom is -0.449 e. The molecule has 0 aliphatic rings. The predicted octanol–water partition coefficient (Wildman–Crippen LogP) is 3.03. The van der Waals surface area contributed by atoms with Crippen molar-refractivity contribution in [3.8, 4) is 0 Å². The van der Waals surface area contributed by atoms with Crippen LogP contribution in [0.2, 0.25) is 0 Å². The Bertz CT molecular complexity index is 929. The molecule has 1 amide bonds. The first-order valence-electron chi connectivity index (χ1n) is 8.41. The molecular formula is C20H23NO5S. The van der Waals surface area contributed by atoms with Crippen molar-refractivity contribution in [3.05, 3.63) is 64.7 Å². The lowest BCUT2D eigenvalue weighted by molar-refractivity contribution is -0.123. The van der Waals surface area contributed by atoms with E-state index in [9.17, 15) is 18.0 Å². The second-order valence-electron chi connectivity index (χ2n) is 6.57. The summed E-state index contributed by atoms with van der Waals surface area (Å²) >= 11 is 0. The minimum absolute atomic E-state index is 0.100. The number of rotatable bonds is 6. The molecule has 27 heavy (non-hydrogen) atoms. The zero-order valence-corrected chi connectivity index (χ0v) is 16.6. The SMILES string of the molecule is Cc1cccc(C)c1NC(=O)[C@H](C)OC(=O)c1ccc(CS(C)(=O)=O)cc1. The summed E-state index contributed by atoms with van der Waals surface area (Å²) in [4.78, 5) is 24.6. The van der Waals surface area contributed by atoms with E-state index in [1.54, 1.807) is 12.1 Å². The first-order chi connectivity index (χ1) is 12.6. The number of anilines is 1. The molecule has 144 valence electrons. The maximum absolute atomic E-state index is 12.3. The number of hydrogen-bond donors (Lipinski definition) is 1. The van der Waals surface area contributed by atoms with E-state index in [1.165, 1.54) is 19.1 Å². The Morgan fingerprint density at radius 1 is 1.04 bits per heavy atom. The van der Waals surface area contributed by atoms with Crippen LogP contribution < -0.4 is 5.32 Å². The maximum atomic E-state index is 12.3. The van der Waals surface area contributed by atoms with Crippen LogP contribution in [-0.2, 0) is 25.1 Å². The van der Waals surface area contributed by atoms with Crippen molar-refractivity contribution in [2.24, 2.45) is 0 Å². The second-order valence-corrected chi connectivity index (χ2v) is 8.71. The zero-order chi connectivity index (χ0) is 20.2. The molecule has 6 nitrogen and oxygen atoms in total. The topological polar surface area (TPSA) is 89.5 Å². The van der Waals surface area contributed by atoms with Gasteiger partial charge >= 0.3 is 5.97 Å². The zero-order valence-electron chi connectivity index (χ0n) is 15.8. The van der Waals surface area contributed by atoms with Gasteiger partial charge in [-0.3, -0.25) is 4.79 Å². The average Bonchev–Trinajstić information content (AvgIpc) is 2.57. The van der Waals surface area contributed by atoms with Crippen LogP contribution in [0.15, 0.2) is 42.5 Å². The van der Waals surface area contributed by atoms with Gasteiger partial charge in [-0.1, -0.05) is 30.3 Å². The molecule has 1 atom stereocenters. The molecule has 2 rings (SSSR count). The van der Waals surface area contributed by atoms with Gasteiger partial charge in [-0.05, 0) is 49.6 Å². The summed E-state index contributed by atoms with van der Waals surface area (Å²) in [6.45, 7) is 5.27. The van der Waals surface area contributed by atoms with Crippen LogP contribution in [0.25, 0.3) is 0 Å². The molecule has 1 N–H and O–H groups in total. The summed E-state index contributed by atoms with van der Waals surface area (Å²) < 4.78 is 27.8. The lowest BCUT2D eigenvalue weighted by Gasteiger charge is -2.16. The van der Waals surface area contributed by atoms with E-state index >= 15 is 0 Å². The highest BCUT2D eigenvalue weighted by atomic mass is 32.2. The summed E-state index contributed by atoms with van der Waals surface area (Å²) in [5, 5.41) is 2.79. The first-order valence-corrected chi connectivity index (χ1v) is 10.5. The van der Waals surface area contributed by atoms with E-state index in [2.05, 4.69) is 5.32 Å². The summed E-state index contributed by atoms with van der Waals surface area (Å²) in [7, 11) is -3.15. The molecule has 0 aliphatic carbocycles. The molecule has 0 aromatic heterocycles. The standard InChI is InChI=1S/C20H23NO5S/c1-13-6-5-7-14(2)18(13)21-19(22)15(3)26-20(23)17-10-8-16(9-11-17)12-27(4,24)25/h5-11,15H,12H2,1-4H3,(H,21,22)/t15-/m0/s1. The molecule has 0 aliphatic heterocycles. The quantitative estimate of drug-likeness (QED) is 0.767. The van der Waals surface area contributed by atoms with Gasteiger partial charge in [-0.15, -0.1) is 0 Å². The third kappa shape index (κ3) is 5.92. The molecule has 2 aromatic rings. The van der Waals surface area contributed by atoms with Crippen molar-refractivity contribution >= 4 is 27.4 Å². The minimum atomic E-state index is -3.15. The lowest BCUT2D eigenvalue weighted by Crippen LogP contribution is -2.30. The molecule has 0 spiro atoms. The van der Waals surface area contributed by atoms with Gasteiger partial charge in [0.05, 0.1) is 11.3 Å². The van der Waals surface area contributed by atoms with Crippen LogP contribution in [0.3, 0.4) is 0 Å². The van der Waals surface area contributed by atoms with Crippen LogP contribution in [0.4, 0.5) is 5.69 Å². The molecule has 0 saturated carbocycles. The normalized spacial score (nSPS) is 12.3. The van der Waals surface area contributed by atoms with Crippen molar-refractivity contribution < 1.29 is 22.7 Å². The van der Waals surface area contributed by atoms with Crippen LogP contribution in [0, 0.1) is 13.8 Å². The van der Waals surface area contributed by atoms with Gasteiger partial charge in [0.15, 0.2) is 15.9 Å². The maximum Gasteiger partial charge on any atom is 0.338 e. The van der Waals surface area contributed by atoms with Crippen molar-refractivity contribution in [1.82, 2.24) is 0 Å². The van der Waals surface area contributed by atoms with Crippen LogP contribution in [0.5, 0.6) is 0 Å². The van der Waals surface area contributed by atoms with E-state index < -0.39 is 27.8 Å². The van der Waals surface area contributed by atoms with E-state index in [1.807, 2.05) is 32.0 Å². The van der Waals surface area contributed by atoms with Gasteiger partial charge in [-0.2, -0.15) is 0 Å². The van der Waals surface area contributed by atoms with Crippen LogP contribution in [-0.4, -0.2) is 32.7 Å². The number of carbonyl (C=O) groups excluding carboxylic acids is 2. The molecule has 0 radical (unpaired) electrons. The number of amides is 1. The number of aryl methyl sites for hydroxylation is 2. The first kappa shape index (κ1) is 20.6. The van der Waals surface area contributed by atoms with Crippen molar-refractivity contribution in [2.45, 2.75) is 32.6 Å². The highest BCUT2D eigenvalue weighted by molar-refractivity contribution is 7.89. The summed E-state index contributed by atoms with van der Waals surface area (Å²) in [6, 6.07) is 11.8. The van der Waals surface area contributed by atoms with Gasteiger partial charge in [-0.25, -0.2) is 13.2 Å². The fraction of sp³-hybridized carbons (Fsp3) is 0.300. The van der Waals surface area contributed by atoms with E-state index in [0.29, 0.717) is 11.3 Å². The highest BCUT2D eigenvalue weighted by Gasteiger charge is 2.20. The van der Waals surface area contributed by atoms with Crippen LogP contribution >= 0.6 is 0 Å². The Kier molecular flexibility index (Phi) is 6.38. The van der Waals surface area contributed by atoms with Gasteiger partial charge in [0, 0.05) is 11.9 Å². The smallest absolute Gasteiger partial charge is 0.338 e. The third-order valence-electron chi connectivity index (χ3n) is 4.00. The van der Waals surface area contributed by atoms with Gasteiger partial charge in [0.25, 0.3) is 5.91 Å². The Balaban J connectivity index is 2.01. The van der Waals surface area contributed by atoms with Crippen molar-refractivity contribution in [3.63, 3.8) is 0 Å². The van der Waals surface area contributed by atoms with Gasteiger partial charge in [0.2, 0.25) is 0 Å². The average molecular weight is 389 g/mol. The molecule has 2 aromatic carbocycles.